The summed E-state index contributed by atoms with van der Waals surface area (Å²) in [6, 6.07) is 9.57. The first-order chi connectivity index (χ1) is 13.4. The third-order valence-corrected chi connectivity index (χ3v) is 5.98. The van der Waals surface area contributed by atoms with Gasteiger partial charge in [0.2, 0.25) is 10.0 Å². The second-order valence-corrected chi connectivity index (χ2v) is 8.48. The van der Waals surface area contributed by atoms with Gasteiger partial charge >= 0.3 is 0 Å². The maximum Gasteiger partial charge on any atom is 0.241 e. The van der Waals surface area contributed by atoms with Crippen LogP contribution in [0.2, 0.25) is 0 Å². The molecule has 7 nitrogen and oxygen atoms in total. The van der Waals surface area contributed by atoms with Crippen LogP contribution in [0.4, 0.5) is 0 Å². The zero-order valence-corrected chi connectivity index (χ0v) is 17.2. The Balaban J connectivity index is 1.92. The van der Waals surface area contributed by atoms with Gasteiger partial charge in [-0.3, -0.25) is 0 Å². The van der Waals surface area contributed by atoms with Crippen LogP contribution < -0.4 is 23.7 Å². The Kier molecular flexibility index (Phi) is 6.00. The van der Waals surface area contributed by atoms with Crippen molar-refractivity contribution < 1.29 is 27.4 Å². The molecule has 28 heavy (non-hydrogen) atoms. The summed E-state index contributed by atoms with van der Waals surface area (Å²) in [5, 5.41) is 0. The van der Waals surface area contributed by atoms with Crippen LogP contribution in [0.15, 0.2) is 41.3 Å². The van der Waals surface area contributed by atoms with Gasteiger partial charge in [0.15, 0.2) is 23.0 Å². The molecule has 152 valence electrons. The van der Waals surface area contributed by atoms with Gasteiger partial charge in [-0.25, -0.2) is 13.1 Å². The summed E-state index contributed by atoms with van der Waals surface area (Å²) in [7, 11) is -0.822. The molecule has 1 heterocycles. The van der Waals surface area contributed by atoms with E-state index in [0.29, 0.717) is 36.2 Å². The minimum Gasteiger partial charge on any atom is -0.493 e. The molecule has 8 heteroatoms. The van der Waals surface area contributed by atoms with E-state index in [1.54, 1.807) is 6.07 Å². The number of nitrogens with one attached hydrogen (secondary N) is 1. The summed E-state index contributed by atoms with van der Waals surface area (Å²) >= 11 is 0. The predicted octanol–water partition coefficient (Wildman–Crippen LogP) is 3.15. The Bertz CT molecular complexity index is 942. The molecule has 0 aromatic heterocycles. The van der Waals surface area contributed by atoms with Crippen LogP contribution in [-0.4, -0.2) is 35.9 Å². The first-order valence-electron chi connectivity index (χ1n) is 8.99. The number of sulfonamides is 1. The van der Waals surface area contributed by atoms with Crippen molar-refractivity contribution in [1.82, 2.24) is 4.72 Å². The molecule has 0 unspecified atom stereocenters. The lowest BCUT2D eigenvalue weighted by molar-refractivity contribution is 0.171. The van der Waals surface area contributed by atoms with Crippen molar-refractivity contribution in [2.24, 2.45) is 5.92 Å². The summed E-state index contributed by atoms with van der Waals surface area (Å²) in [6.45, 7) is 4.89. The van der Waals surface area contributed by atoms with Crippen molar-refractivity contribution >= 4 is 10.0 Å². The second kappa shape index (κ2) is 8.28. The van der Waals surface area contributed by atoms with Gasteiger partial charge in [-0.1, -0.05) is 19.9 Å². The van der Waals surface area contributed by atoms with E-state index >= 15 is 0 Å². The Morgan fingerprint density at radius 2 is 1.61 bits per heavy atom. The predicted molar refractivity (Wildman–Crippen MR) is 105 cm³/mol. The van der Waals surface area contributed by atoms with E-state index in [4.69, 9.17) is 18.9 Å². The molecule has 2 aromatic carbocycles. The van der Waals surface area contributed by atoms with Crippen LogP contribution in [0.5, 0.6) is 23.0 Å². The highest BCUT2D eigenvalue weighted by molar-refractivity contribution is 7.89. The molecule has 1 aliphatic rings. The van der Waals surface area contributed by atoms with Gasteiger partial charge < -0.3 is 18.9 Å². The summed E-state index contributed by atoms with van der Waals surface area (Å²) in [5.41, 5.74) is 0.809. The largest absolute Gasteiger partial charge is 0.493 e. The highest BCUT2D eigenvalue weighted by Gasteiger charge is 2.26. The van der Waals surface area contributed by atoms with Crippen LogP contribution in [0.3, 0.4) is 0 Å². The SMILES string of the molecule is COc1ccc(S(=O)(=O)N[C@@H](c2ccc3c(c2)OCCO3)C(C)C)cc1OC. The van der Waals surface area contributed by atoms with Gasteiger partial charge in [0.05, 0.1) is 19.1 Å². The average molecular weight is 407 g/mol. The molecule has 0 saturated heterocycles. The Hall–Kier alpha value is -2.45. The molecule has 0 bridgehead atoms. The fourth-order valence-corrected chi connectivity index (χ4v) is 4.45. The molecule has 3 rings (SSSR count). The van der Waals surface area contributed by atoms with Crippen molar-refractivity contribution in [2.45, 2.75) is 24.8 Å². The normalized spacial score (nSPS) is 14.6. The van der Waals surface area contributed by atoms with Crippen LogP contribution in [0.1, 0.15) is 25.5 Å². The van der Waals surface area contributed by atoms with Gasteiger partial charge in [0.25, 0.3) is 0 Å². The Morgan fingerprint density at radius 3 is 2.25 bits per heavy atom. The lowest BCUT2D eigenvalue weighted by Gasteiger charge is -2.25. The summed E-state index contributed by atoms with van der Waals surface area (Å²) in [4.78, 5) is 0.105. The van der Waals surface area contributed by atoms with E-state index in [1.807, 2.05) is 32.0 Å². The number of hydrogen-bond acceptors (Lipinski definition) is 6. The van der Waals surface area contributed by atoms with E-state index in [2.05, 4.69) is 4.72 Å². The molecule has 0 radical (unpaired) electrons. The van der Waals surface area contributed by atoms with Crippen LogP contribution in [-0.2, 0) is 10.0 Å². The summed E-state index contributed by atoms with van der Waals surface area (Å²) in [5.74, 6) is 2.12. The third-order valence-electron chi connectivity index (χ3n) is 4.54. The molecule has 2 aromatic rings. The molecule has 0 saturated carbocycles. The number of methoxy groups -OCH3 is 2. The van der Waals surface area contributed by atoms with Crippen molar-refractivity contribution in [1.29, 1.82) is 0 Å². The molecule has 0 spiro atoms. The first kappa shape index (κ1) is 20.3. The summed E-state index contributed by atoms with van der Waals surface area (Å²) < 4.78 is 50.4. The molecule has 0 amide bonds. The van der Waals surface area contributed by atoms with E-state index in [-0.39, 0.29) is 10.8 Å². The highest BCUT2D eigenvalue weighted by atomic mass is 32.2. The minimum atomic E-state index is -3.79. The van der Waals surface area contributed by atoms with Crippen LogP contribution in [0, 0.1) is 5.92 Å². The molecule has 0 aliphatic carbocycles. The van der Waals surface area contributed by atoms with Gasteiger partial charge in [0.1, 0.15) is 13.2 Å². The topological polar surface area (TPSA) is 83.1 Å². The lowest BCUT2D eigenvalue weighted by Crippen LogP contribution is -2.32. The average Bonchev–Trinajstić information content (AvgIpc) is 2.70. The standard InChI is InChI=1S/C20H25NO6S/c1-13(2)20(14-5-7-17-19(11-14)27-10-9-26-17)21-28(22,23)15-6-8-16(24-3)18(12-15)25-4/h5-8,11-13,20-21H,9-10H2,1-4H3/t20-/m1/s1. The smallest absolute Gasteiger partial charge is 0.241 e. The first-order valence-corrected chi connectivity index (χ1v) is 10.5. The number of rotatable bonds is 7. The number of hydrogen-bond donors (Lipinski definition) is 1. The third kappa shape index (κ3) is 4.18. The lowest BCUT2D eigenvalue weighted by atomic mass is 9.97. The zero-order valence-electron chi connectivity index (χ0n) is 16.4. The number of fused-ring (bicyclic) bond motifs is 1. The van der Waals surface area contributed by atoms with Gasteiger partial charge in [0, 0.05) is 12.1 Å². The quantitative estimate of drug-likeness (QED) is 0.759. The maximum absolute atomic E-state index is 13.0. The minimum absolute atomic E-state index is 0.0116. The van der Waals surface area contributed by atoms with E-state index in [9.17, 15) is 8.42 Å². The monoisotopic (exact) mass is 407 g/mol. The molecular formula is C20H25NO6S. The van der Waals surface area contributed by atoms with Gasteiger partial charge in [-0.2, -0.15) is 0 Å². The molecule has 1 aliphatic heterocycles. The molecule has 0 fully saturated rings. The van der Waals surface area contributed by atoms with Crippen molar-refractivity contribution in [2.75, 3.05) is 27.4 Å². The summed E-state index contributed by atoms with van der Waals surface area (Å²) in [6.07, 6.45) is 0. The molecule has 1 atom stereocenters. The van der Waals surface area contributed by atoms with Crippen molar-refractivity contribution in [3.63, 3.8) is 0 Å². The van der Waals surface area contributed by atoms with E-state index < -0.39 is 16.1 Å². The fourth-order valence-electron chi connectivity index (χ4n) is 3.06. The van der Waals surface area contributed by atoms with Gasteiger partial charge in [-0.05, 0) is 35.7 Å². The maximum atomic E-state index is 13.0. The van der Waals surface area contributed by atoms with E-state index in [0.717, 1.165) is 5.56 Å². The fraction of sp³-hybridized carbons (Fsp3) is 0.400. The zero-order chi connectivity index (χ0) is 20.3. The molecular weight excluding hydrogens is 382 g/mol. The van der Waals surface area contributed by atoms with Crippen LogP contribution >= 0.6 is 0 Å². The van der Waals surface area contributed by atoms with Crippen molar-refractivity contribution in [3.8, 4) is 23.0 Å². The van der Waals surface area contributed by atoms with Crippen molar-refractivity contribution in [3.05, 3.63) is 42.0 Å². The number of benzene rings is 2. The van der Waals surface area contributed by atoms with Gasteiger partial charge in [-0.15, -0.1) is 0 Å². The van der Waals surface area contributed by atoms with Crippen LogP contribution in [0.25, 0.3) is 0 Å². The number of ether oxygens (including phenoxy) is 4. The second-order valence-electron chi connectivity index (χ2n) is 6.76. The van der Waals surface area contributed by atoms with E-state index in [1.165, 1.54) is 26.4 Å². The Morgan fingerprint density at radius 1 is 0.929 bits per heavy atom. The molecule has 1 N–H and O–H groups in total. The highest BCUT2D eigenvalue weighted by Crippen LogP contribution is 2.35. The Labute approximate surface area is 165 Å².